The standard InChI is InChI=1S/C16H20N4O3S/c1-4-8-20-14(10-22-2)18-19-16(20)24-11-15(21)17-12-6-5-7-13(9-12)23-3/h4-7,9H,1,8,10-11H2,2-3H3,(H,17,21). The lowest BCUT2D eigenvalue weighted by molar-refractivity contribution is -0.113. The normalized spacial score (nSPS) is 10.4. The van der Waals surface area contributed by atoms with Crippen LogP contribution >= 0.6 is 11.8 Å². The molecule has 0 aliphatic carbocycles. The zero-order valence-electron chi connectivity index (χ0n) is 13.7. The van der Waals surface area contributed by atoms with Gasteiger partial charge in [0, 0.05) is 25.4 Å². The van der Waals surface area contributed by atoms with Crippen molar-refractivity contribution in [3.8, 4) is 5.75 Å². The van der Waals surface area contributed by atoms with Gasteiger partial charge in [-0.25, -0.2) is 0 Å². The highest BCUT2D eigenvalue weighted by Gasteiger charge is 2.13. The number of nitrogens with one attached hydrogen (secondary N) is 1. The number of anilines is 1. The van der Waals surface area contributed by atoms with E-state index >= 15 is 0 Å². The van der Waals surface area contributed by atoms with Gasteiger partial charge in [0.15, 0.2) is 11.0 Å². The molecule has 7 nitrogen and oxygen atoms in total. The second kappa shape index (κ2) is 9.09. The van der Waals surface area contributed by atoms with Crippen molar-refractivity contribution in [1.82, 2.24) is 14.8 Å². The van der Waals surface area contributed by atoms with Crippen molar-refractivity contribution in [1.29, 1.82) is 0 Å². The highest BCUT2D eigenvalue weighted by molar-refractivity contribution is 7.99. The zero-order valence-corrected chi connectivity index (χ0v) is 14.5. The molecule has 2 rings (SSSR count). The summed E-state index contributed by atoms with van der Waals surface area (Å²) in [6.07, 6.45) is 1.75. The Morgan fingerprint density at radius 3 is 2.96 bits per heavy atom. The van der Waals surface area contributed by atoms with Gasteiger partial charge in [-0.1, -0.05) is 23.9 Å². The number of carbonyl (C=O) groups is 1. The van der Waals surface area contributed by atoms with Crippen LogP contribution in [0.2, 0.25) is 0 Å². The molecular weight excluding hydrogens is 328 g/mol. The molecule has 1 aromatic heterocycles. The van der Waals surface area contributed by atoms with Crippen molar-refractivity contribution >= 4 is 23.4 Å². The van der Waals surface area contributed by atoms with E-state index in [1.54, 1.807) is 26.4 Å². The SMILES string of the molecule is C=CCn1c(COC)nnc1SCC(=O)Nc1cccc(OC)c1. The van der Waals surface area contributed by atoms with Gasteiger partial charge in [0.25, 0.3) is 0 Å². The number of ether oxygens (including phenoxy) is 2. The fourth-order valence-electron chi connectivity index (χ4n) is 2.00. The molecule has 0 atom stereocenters. The summed E-state index contributed by atoms with van der Waals surface area (Å²) in [7, 11) is 3.18. The van der Waals surface area contributed by atoms with E-state index in [9.17, 15) is 4.79 Å². The minimum absolute atomic E-state index is 0.130. The van der Waals surface area contributed by atoms with Gasteiger partial charge in [0.05, 0.1) is 12.9 Å². The topological polar surface area (TPSA) is 78.3 Å². The molecule has 0 saturated carbocycles. The molecule has 1 aromatic carbocycles. The van der Waals surface area contributed by atoms with Gasteiger partial charge in [-0.2, -0.15) is 0 Å². The van der Waals surface area contributed by atoms with Gasteiger partial charge < -0.3 is 19.4 Å². The number of methoxy groups -OCH3 is 2. The third-order valence-electron chi connectivity index (χ3n) is 3.06. The molecule has 8 heteroatoms. The highest BCUT2D eigenvalue weighted by Crippen LogP contribution is 2.20. The number of allylic oxidation sites excluding steroid dienone is 1. The van der Waals surface area contributed by atoms with Crippen LogP contribution in [0.15, 0.2) is 42.1 Å². The van der Waals surface area contributed by atoms with E-state index in [4.69, 9.17) is 9.47 Å². The summed E-state index contributed by atoms with van der Waals surface area (Å²) in [5.41, 5.74) is 0.688. The van der Waals surface area contributed by atoms with E-state index in [1.807, 2.05) is 22.8 Å². The third kappa shape index (κ3) is 4.84. The van der Waals surface area contributed by atoms with Crippen LogP contribution in [0.5, 0.6) is 5.75 Å². The molecule has 0 unspecified atom stereocenters. The van der Waals surface area contributed by atoms with Crippen molar-refractivity contribution in [2.45, 2.75) is 18.3 Å². The van der Waals surface area contributed by atoms with E-state index in [-0.39, 0.29) is 11.7 Å². The van der Waals surface area contributed by atoms with Crippen molar-refractivity contribution in [2.75, 3.05) is 25.3 Å². The van der Waals surface area contributed by atoms with E-state index in [0.717, 1.165) is 0 Å². The Hall–Kier alpha value is -2.32. The van der Waals surface area contributed by atoms with E-state index in [1.165, 1.54) is 11.8 Å². The Balaban J connectivity index is 1.97. The lowest BCUT2D eigenvalue weighted by Gasteiger charge is -2.08. The number of amides is 1. The van der Waals surface area contributed by atoms with Gasteiger partial charge in [-0.3, -0.25) is 4.79 Å². The molecule has 1 heterocycles. The first kappa shape index (κ1) is 18.0. The summed E-state index contributed by atoms with van der Waals surface area (Å²) in [6, 6.07) is 7.21. The molecule has 1 amide bonds. The second-order valence-electron chi connectivity index (χ2n) is 4.80. The summed E-state index contributed by atoms with van der Waals surface area (Å²) in [4.78, 5) is 12.1. The summed E-state index contributed by atoms with van der Waals surface area (Å²) < 4.78 is 12.1. The summed E-state index contributed by atoms with van der Waals surface area (Å²) in [5, 5.41) is 11.7. The maximum Gasteiger partial charge on any atom is 0.234 e. The number of aromatic nitrogens is 3. The highest BCUT2D eigenvalue weighted by atomic mass is 32.2. The van der Waals surface area contributed by atoms with Crippen LogP contribution in [0.3, 0.4) is 0 Å². The molecule has 0 aliphatic rings. The predicted octanol–water partition coefficient (Wildman–Crippen LogP) is 2.35. The van der Waals surface area contributed by atoms with Gasteiger partial charge in [0.1, 0.15) is 12.4 Å². The molecule has 0 saturated heterocycles. The second-order valence-corrected chi connectivity index (χ2v) is 5.74. The molecular formula is C16H20N4O3S. The van der Waals surface area contributed by atoms with Crippen molar-refractivity contribution in [3.05, 3.63) is 42.7 Å². The van der Waals surface area contributed by atoms with Crippen LogP contribution in [-0.4, -0.2) is 40.6 Å². The molecule has 0 radical (unpaired) electrons. The van der Waals surface area contributed by atoms with Crippen LogP contribution < -0.4 is 10.1 Å². The molecule has 0 bridgehead atoms. The molecule has 128 valence electrons. The number of nitrogens with zero attached hydrogens (tertiary/aromatic N) is 3. The Labute approximate surface area is 145 Å². The maximum atomic E-state index is 12.1. The number of rotatable bonds is 9. The molecule has 1 N–H and O–H groups in total. The minimum atomic E-state index is -0.130. The Morgan fingerprint density at radius 2 is 2.25 bits per heavy atom. The average Bonchev–Trinajstić information content (AvgIpc) is 2.96. The Morgan fingerprint density at radius 1 is 1.42 bits per heavy atom. The number of benzene rings is 1. The van der Waals surface area contributed by atoms with Crippen molar-refractivity contribution < 1.29 is 14.3 Å². The van der Waals surface area contributed by atoms with Crippen LogP contribution in [-0.2, 0) is 22.7 Å². The molecule has 0 fully saturated rings. The first-order chi connectivity index (χ1) is 11.7. The molecule has 0 spiro atoms. The summed E-state index contributed by atoms with van der Waals surface area (Å²) in [6.45, 7) is 4.65. The van der Waals surface area contributed by atoms with Crippen molar-refractivity contribution in [3.63, 3.8) is 0 Å². The van der Waals surface area contributed by atoms with Crippen LogP contribution in [0, 0.1) is 0 Å². The maximum absolute atomic E-state index is 12.1. The quantitative estimate of drug-likeness (QED) is 0.554. The van der Waals surface area contributed by atoms with Gasteiger partial charge >= 0.3 is 0 Å². The third-order valence-corrected chi connectivity index (χ3v) is 4.03. The summed E-state index contributed by atoms with van der Waals surface area (Å²) in [5.74, 6) is 1.48. The molecule has 2 aromatic rings. The Bertz CT molecular complexity index is 702. The predicted molar refractivity (Wildman–Crippen MR) is 93.3 cm³/mol. The van der Waals surface area contributed by atoms with Gasteiger partial charge in [0.2, 0.25) is 5.91 Å². The average molecular weight is 348 g/mol. The lowest BCUT2D eigenvalue weighted by atomic mass is 10.3. The lowest BCUT2D eigenvalue weighted by Crippen LogP contribution is -2.15. The smallest absolute Gasteiger partial charge is 0.234 e. The van der Waals surface area contributed by atoms with Crippen molar-refractivity contribution in [2.24, 2.45) is 0 Å². The number of hydrogen-bond donors (Lipinski definition) is 1. The van der Waals surface area contributed by atoms with Gasteiger partial charge in [-0.05, 0) is 12.1 Å². The van der Waals surface area contributed by atoms with Gasteiger partial charge in [-0.15, -0.1) is 16.8 Å². The molecule has 24 heavy (non-hydrogen) atoms. The monoisotopic (exact) mass is 348 g/mol. The molecule has 0 aliphatic heterocycles. The first-order valence-corrected chi connectivity index (χ1v) is 8.25. The fourth-order valence-corrected chi connectivity index (χ4v) is 2.77. The largest absolute Gasteiger partial charge is 0.497 e. The first-order valence-electron chi connectivity index (χ1n) is 7.26. The number of thioether (sulfide) groups is 1. The van der Waals surface area contributed by atoms with E-state index < -0.39 is 0 Å². The zero-order chi connectivity index (χ0) is 17.4. The van der Waals surface area contributed by atoms with Crippen LogP contribution in [0.4, 0.5) is 5.69 Å². The van der Waals surface area contributed by atoms with Crippen LogP contribution in [0.25, 0.3) is 0 Å². The minimum Gasteiger partial charge on any atom is -0.497 e. The Kier molecular flexibility index (Phi) is 6.83. The number of hydrogen-bond acceptors (Lipinski definition) is 6. The van der Waals surface area contributed by atoms with E-state index in [0.29, 0.717) is 35.6 Å². The summed E-state index contributed by atoms with van der Waals surface area (Å²) >= 11 is 1.31. The number of carbonyl (C=O) groups excluding carboxylic acids is 1. The van der Waals surface area contributed by atoms with Crippen LogP contribution in [0.1, 0.15) is 5.82 Å². The van der Waals surface area contributed by atoms with E-state index in [2.05, 4.69) is 22.1 Å². The fraction of sp³-hybridized carbons (Fsp3) is 0.312.